The molecule has 0 atom stereocenters. The Morgan fingerprint density at radius 3 is 1.91 bits per heavy atom. The van der Waals surface area contributed by atoms with E-state index in [1.165, 1.54) is 47.5 Å². The molecule has 12 aromatic rings. The van der Waals surface area contributed by atoms with Gasteiger partial charge in [-0.15, -0.1) is 18.2 Å². The van der Waals surface area contributed by atoms with Crippen molar-refractivity contribution in [3.05, 3.63) is 218 Å². The molecule has 3 nitrogen and oxygen atoms in total. The Morgan fingerprint density at radius 1 is 0.580 bits per heavy atom. The maximum atomic E-state index is 5.63. The van der Waals surface area contributed by atoms with Crippen molar-refractivity contribution in [3.8, 4) is 50.6 Å². The molecule has 0 bridgehead atoms. The molecule has 0 spiro atoms. The normalized spacial score (nSPS) is 11.6. The van der Waals surface area contributed by atoms with E-state index in [-0.39, 0.29) is 20.1 Å². The number of aromatic nitrogens is 3. The largest absolute Gasteiger partial charge is 0.332 e. The van der Waals surface area contributed by atoms with Crippen LogP contribution in [0.15, 0.2) is 200 Å². The molecular formula is C63H51GeIrN3S-2. The van der Waals surface area contributed by atoms with E-state index in [4.69, 9.17) is 9.97 Å². The molecule has 69 heavy (non-hydrogen) atoms. The standard InChI is InChI=1S/C45H27N2S.C18H24GeN.Ir/c1-3-14-29(15-4-1)31-26-27-32(30-16-5-2-6-17-30)40(28-31)47-43-37-22-10-8-19-34(37)33-18-7-9-21-36(33)42(43)46-45(47)39-24-13-23-38-35-20-11-12-25-41(35)48-44(38)39;1-14(2)11-16-12-18(15-9-7-6-8-10-15)20-13-17(16)19(3,4)5;/h1-23,25-28H;6-9,12-14H,11H2,1-5H3;/q2*-1;. The van der Waals surface area contributed by atoms with Crippen LogP contribution in [0.2, 0.25) is 17.3 Å². The summed E-state index contributed by atoms with van der Waals surface area (Å²) in [6.07, 6.45) is 3.27. The Hall–Kier alpha value is -6.47. The summed E-state index contributed by atoms with van der Waals surface area (Å²) in [4.78, 5) is 10.3. The monoisotopic (exact) mass is 1150 g/mol. The van der Waals surface area contributed by atoms with Crippen molar-refractivity contribution in [2.45, 2.75) is 37.5 Å². The molecule has 3 aromatic heterocycles. The van der Waals surface area contributed by atoms with Crippen LogP contribution in [0.4, 0.5) is 0 Å². The van der Waals surface area contributed by atoms with Gasteiger partial charge in [-0.2, -0.15) is 11.3 Å². The van der Waals surface area contributed by atoms with Gasteiger partial charge in [-0.05, 0) is 49.7 Å². The van der Waals surface area contributed by atoms with Crippen LogP contribution in [-0.2, 0) is 26.5 Å². The van der Waals surface area contributed by atoms with E-state index in [2.05, 4.69) is 230 Å². The number of hydrogen-bond donors (Lipinski definition) is 0. The maximum Gasteiger partial charge on any atom is 0.0859 e. The number of rotatable bonds is 8. The third-order valence-corrected chi connectivity index (χ3v) is 18.5. The number of fused-ring (bicyclic) bond motifs is 9. The summed E-state index contributed by atoms with van der Waals surface area (Å²) in [6, 6.07) is 76.0. The summed E-state index contributed by atoms with van der Waals surface area (Å²) in [5, 5.41) is 7.26. The van der Waals surface area contributed by atoms with Gasteiger partial charge in [-0.25, -0.2) is 0 Å². The van der Waals surface area contributed by atoms with E-state index >= 15 is 0 Å². The molecule has 0 N–H and O–H groups in total. The van der Waals surface area contributed by atoms with Crippen molar-refractivity contribution in [2.75, 3.05) is 0 Å². The van der Waals surface area contributed by atoms with Crippen molar-refractivity contribution in [1.82, 2.24) is 14.5 Å². The Kier molecular flexibility index (Phi) is 13.1. The second-order valence-electron chi connectivity index (χ2n) is 19.1. The number of nitrogens with zero attached hydrogens (tertiary/aromatic N) is 3. The van der Waals surface area contributed by atoms with Crippen LogP contribution < -0.4 is 4.40 Å². The molecule has 9 aromatic carbocycles. The van der Waals surface area contributed by atoms with E-state index in [0.29, 0.717) is 5.92 Å². The second kappa shape index (κ2) is 19.5. The fourth-order valence-corrected chi connectivity index (χ4v) is 14.4. The van der Waals surface area contributed by atoms with Crippen LogP contribution in [0.25, 0.3) is 103 Å². The first-order valence-electron chi connectivity index (χ1n) is 23.6. The summed E-state index contributed by atoms with van der Waals surface area (Å²) in [6.45, 7) is 4.57. The number of imidazole rings is 1. The van der Waals surface area contributed by atoms with Crippen LogP contribution >= 0.6 is 11.3 Å². The zero-order valence-corrected chi connectivity index (χ0v) is 44.7. The maximum absolute atomic E-state index is 5.63. The van der Waals surface area contributed by atoms with Crippen LogP contribution in [0.3, 0.4) is 0 Å². The Morgan fingerprint density at radius 2 is 1.22 bits per heavy atom. The minimum Gasteiger partial charge on any atom is -0.332 e. The average molecular weight is 1150 g/mol. The van der Waals surface area contributed by atoms with Crippen LogP contribution in [0, 0.1) is 18.1 Å². The van der Waals surface area contributed by atoms with Crippen molar-refractivity contribution in [3.63, 3.8) is 0 Å². The van der Waals surface area contributed by atoms with E-state index < -0.39 is 13.3 Å². The quantitative estimate of drug-likeness (QED) is 0.0862. The van der Waals surface area contributed by atoms with Gasteiger partial charge in [0.2, 0.25) is 0 Å². The van der Waals surface area contributed by atoms with Gasteiger partial charge in [-0.1, -0.05) is 150 Å². The molecular weight excluding hydrogens is 1100 g/mol. The van der Waals surface area contributed by atoms with Crippen molar-refractivity contribution in [2.24, 2.45) is 5.92 Å². The zero-order chi connectivity index (χ0) is 46.4. The summed E-state index contributed by atoms with van der Waals surface area (Å²) in [7, 11) is 0. The molecule has 0 saturated heterocycles. The molecule has 1 radical (unpaired) electrons. The molecule has 0 saturated carbocycles. The average Bonchev–Trinajstić information content (AvgIpc) is 3.97. The van der Waals surface area contributed by atoms with Gasteiger partial charge in [0.25, 0.3) is 0 Å². The van der Waals surface area contributed by atoms with E-state index in [1.54, 1.807) is 4.40 Å². The fraction of sp³-hybridized carbons (Fsp3) is 0.111. The number of pyridine rings is 1. The first-order chi connectivity index (χ1) is 33.2. The smallest absolute Gasteiger partial charge is 0.0859 e. The molecule has 0 aliphatic heterocycles. The fourth-order valence-electron chi connectivity index (χ4n) is 9.83. The summed E-state index contributed by atoms with van der Waals surface area (Å²) >= 11 is -0.0378. The molecule has 0 aliphatic rings. The molecule has 0 amide bonds. The van der Waals surface area contributed by atoms with Gasteiger partial charge in [0.1, 0.15) is 0 Å². The number of thiophene rings is 1. The van der Waals surface area contributed by atoms with Crippen LogP contribution in [-0.4, -0.2) is 27.8 Å². The minimum atomic E-state index is -1.86. The van der Waals surface area contributed by atoms with Gasteiger partial charge in [0.05, 0.1) is 16.9 Å². The first-order valence-corrected chi connectivity index (χ1v) is 31.7. The molecule has 12 rings (SSSR count). The van der Waals surface area contributed by atoms with Gasteiger partial charge < -0.3 is 4.57 Å². The Labute approximate surface area is 425 Å². The van der Waals surface area contributed by atoms with Crippen LogP contribution in [0.5, 0.6) is 0 Å². The molecule has 0 unspecified atom stereocenters. The van der Waals surface area contributed by atoms with E-state index in [0.717, 1.165) is 67.9 Å². The van der Waals surface area contributed by atoms with Gasteiger partial charge in [0.15, 0.2) is 0 Å². The van der Waals surface area contributed by atoms with Crippen molar-refractivity contribution < 1.29 is 20.1 Å². The van der Waals surface area contributed by atoms with Gasteiger partial charge in [-0.3, -0.25) is 4.98 Å². The number of hydrogen-bond acceptors (Lipinski definition) is 3. The van der Waals surface area contributed by atoms with Gasteiger partial charge in [0, 0.05) is 46.8 Å². The zero-order valence-electron chi connectivity index (χ0n) is 39.4. The third kappa shape index (κ3) is 8.90. The molecule has 6 heteroatoms. The topological polar surface area (TPSA) is 30.7 Å². The molecule has 0 aliphatic carbocycles. The summed E-state index contributed by atoms with van der Waals surface area (Å²) in [5.41, 5.74) is 12.5. The summed E-state index contributed by atoms with van der Waals surface area (Å²) in [5.74, 6) is 8.89. The van der Waals surface area contributed by atoms with Crippen LogP contribution in [0.1, 0.15) is 19.4 Å². The summed E-state index contributed by atoms with van der Waals surface area (Å²) < 4.78 is 6.43. The van der Waals surface area contributed by atoms with Crippen molar-refractivity contribution >= 4 is 81.7 Å². The van der Waals surface area contributed by atoms with Crippen molar-refractivity contribution in [1.29, 1.82) is 0 Å². The van der Waals surface area contributed by atoms with Gasteiger partial charge >= 0.3 is 126 Å². The number of benzene rings is 9. The minimum absolute atomic E-state index is 0. The third-order valence-electron chi connectivity index (χ3n) is 12.9. The molecule has 339 valence electrons. The Balaban J connectivity index is 0.000000223. The second-order valence-corrected chi connectivity index (χ2v) is 30.7. The predicted molar refractivity (Wildman–Crippen MR) is 294 cm³/mol. The van der Waals surface area contributed by atoms with E-state index in [9.17, 15) is 0 Å². The Bertz CT molecular complexity index is 3780. The molecule has 0 fully saturated rings. The molecule has 3 heterocycles. The SMILES string of the molecule is CC(C)Cc1cc(-c2[c-]cccc2)nc[c]1[Ge]([CH3])([CH3])[CH3].[Ir].[c-]1ccc2c(sc3ccccc32)c1-c1nc2c3ccccc3c3ccccc3c2n1-c1cc(-c2ccccc2)ccc1-c1ccccc1. The predicted octanol–water partition coefficient (Wildman–Crippen LogP) is 16.8. The van der Waals surface area contributed by atoms with E-state index in [1.807, 2.05) is 29.5 Å². The first kappa shape index (κ1) is 46.3.